The van der Waals surface area contributed by atoms with Crippen molar-refractivity contribution in [3.05, 3.63) is 198 Å². The third kappa shape index (κ3) is 9.70. The molecule has 0 bridgehead atoms. The van der Waals surface area contributed by atoms with Crippen LogP contribution in [-0.4, -0.2) is 9.55 Å². The van der Waals surface area contributed by atoms with E-state index in [1.54, 1.807) is 0 Å². The van der Waals surface area contributed by atoms with E-state index in [1.807, 2.05) is 12.3 Å². The summed E-state index contributed by atoms with van der Waals surface area (Å²) in [6.07, 6.45) is 1.91. The van der Waals surface area contributed by atoms with E-state index in [4.69, 9.17) is 9.72 Å². The second-order valence-corrected chi connectivity index (χ2v) is 23.2. The zero-order valence-corrected chi connectivity index (χ0v) is 45.2. The number of hydrogen-bond donors (Lipinski definition) is 0. The van der Waals surface area contributed by atoms with Crippen molar-refractivity contribution in [2.45, 2.75) is 113 Å². The minimum Gasteiger partial charge on any atom is -0.509 e. The van der Waals surface area contributed by atoms with Crippen LogP contribution in [0.4, 0.5) is 11.4 Å². The van der Waals surface area contributed by atoms with Gasteiger partial charge in [0.05, 0.1) is 0 Å². The molecule has 3 heterocycles. The predicted molar refractivity (Wildman–Crippen MR) is 286 cm³/mol. The van der Waals surface area contributed by atoms with Gasteiger partial charge in [-0.25, -0.2) is 4.98 Å². The van der Waals surface area contributed by atoms with Gasteiger partial charge in [-0.05, 0) is 74.4 Å². The van der Waals surface area contributed by atoms with Crippen LogP contribution in [0.2, 0.25) is 0 Å². The van der Waals surface area contributed by atoms with Crippen molar-refractivity contribution >= 4 is 33.2 Å². The smallest absolute Gasteiger partial charge is 0.135 e. The number of hydrogen-bond acceptors (Lipinski definition) is 4. The number of para-hydroxylation sites is 1. The Kier molecular flexibility index (Phi) is 13.0. The van der Waals surface area contributed by atoms with Gasteiger partial charge in [0.15, 0.2) is 0 Å². The molecule has 0 spiro atoms. The van der Waals surface area contributed by atoms with E-state index in [1.165, 1.54) is 39.2 Å². The van der Waals surface area contributed by atoms with Crippen LogP contribution < -0.4 is 14.5 Å². The van der Waals surface area contributed by atoms with Crippen molar-refractivity contribution < 1.29 is 25.8 Å². The minimum absolute atomic E-state index is 0. The first-order valence-corrected chi connectivity index (χ1v) is 24.1. The van der Waals surface area contributed by atoms with Gasteiger partial charge in [0.2, 0.25) is 0 Å². The first-order chi connectivity index (χ1) is 32.0. The molecular weight excluding hydrogens is 1020 g/mol. The van der Waals surface area contributed by atoms with Crippen LogP contribution in [0.3, 0.4) is 0 Å². The van der Waals surface area contributed by atoms with Crippen molar-refractivity contribution in [3.63, 3.8) is 0 Å². The van der Waals surface area contributed by atoms with Gasteiger partial charge >= 0.3 is 0 Å². The van der Waals surface area contributed by atoms with Crippen molar-refractivity contribution in [2.75, 3.05) is 9.80 Å². The molecule has 2 aromatic heterocycles. The molecule has 6 aromatic carbocycles. The fraction of sp³-hybridized carbons (Fsp3) is 0.302. The van der Waals surface area contributed by atoms with Gasteiger partial charge < -0.3 is 19.1 Å². The van der Waals surface area contributed by atoms with E-state index in [-0.39, 0.29) is 48.1 Å². The second-order valence-electron chi connectivity index (χ2n) is 23.2. The normalized spacial score (nSPS) is 13.9. The molecule has 1 aliphatic heterocycles. The summed E-state index contributed by atoms with van der Waals surface area (Å²) in [4.78, 5) is 9.73. The van der Waals surface area contributed by atoms with Crippen LogP contribution in [0.15, 0.2) is 157 Å². The Morgan fingerprint density at radius 3 is 1.75 bits per heavy atom. The summed E-state index contributed by atoms with van der Waals surface area (Å²) in [5, 5.41) is 2.24. The van der Waals surface area contributed by atoms with Crippen molar-refractivity contribution in [1.29, 1.82) is 0 Å². The maximum Gasteiger partial charge on any atom is 0.135 e. The molecule has 0 atom stereocenters. The zero-order valence-electron chi connectivity index (χ0n) is 42.9. The number of fused-ring (bicyclic) bond motifs is 3. The van der Waals surface area contributed by atoms with E-state index in [0.717, 1.165) is 44.6 Å². The standard InChI is InChI=1S/C63H67N4O.Pt/c1-59(2,3)45-31-32-64-56(38-45)67-54-28-22-21-27-52(54)53-30-29-50(40-55(53)67)68-51-37-46(60(4,5)6)35-49(39-51)66-41-65(57(61(7,8)9)58(66)62(10,11)12)48-34-43(42-23-17-15-18-24-42)33-47(36-48)63(13,14)44-25-19-16-20-26-44;/h15-38,41H,1-14H3;/q-3;. The fourth-order valence-corrected chi connectivity index (χ4v) is 9.64. The number of ether oxygens (including phenoxy) is 1. The van der Waals surface area contributed by atoms with Gasteiger partial charge in [0.1, 0.15) is 5.82 Å². The maximum absolute atomic E-state index is 6.96. The summed E-state index contributed by atoms with van der Waals surface area (Å²) in [5.74, 6) is 2.10. The van der Waals surface area contributed by atoms with Gasteiger partial charge in [-0.1, -0.05) is 187 Å². The fourth-order valence-electron chi connectivity index (χ4n) is 9.64. The molecule has 9 rings (SSSR count). The summed E-state index contributed by atoms with van der Waals surface area (Å²) >= 11 is 0. The van der Waals surface area contributed by atoms with E-state index >= 15 is 0 Å². The summed E-state index contributed by atoms with van der Waals surface area (Å²) < 4.78 is 9.18. The van der Waals surface area contributed by atoms with Gasteiger partial charge in [-0.2, -0.15) is 6.07 Å². The van der Waals surface area contributed by atoms with Crippen LogP contribution >= 0.6 is 0 Å². The van der Waals surface area contributed by atoms with Crippen LogP contribution in [-0.2, 0) is 37.3 Å². The van der Waals surface area contributed by atoms with E-state index in [9.17, 15) is 0 Å². The number of nitrogens with zero attached hydrogens (tertiary/aromatic N) is 4. The molecule has 0 saturated heterocycles. The molecule has 0 radical (unpaired) electrons. The van der Waals surface area contributed by atoms with E-state index < -0.39 is 0 Å². The monoisotopic (exact) mass is 1090 g/mol. The molecule has 0 fully saturated rings. The van der Waals surface area contributed by atoms with Crippen LogP contribution in [0.1, 0.15) is 119 Å². The van der Waals surface area contributed by atoms with Gasteiger partial charge in [-0.15, -0.1) is 53.6 Å². The topological polar surface area (TPSA) is 33.5 Å². The molecule has 6 heteroatoms. The van der Waals surface area contributed by atoms with Crippen LogP contribution in [0, 0.1) is 29.6 Å². The van der Waals surface area contributed by atoms with Gasteiger partial charge in [0, 0.05) is 77.6 Å². The SMILES string of the molecule is CC(C)(C)C1=C(C(C)(C)C)N(c2cc(-c3ccccc3)cc(C(C)(C)c3ccccc3)c2)[CH-]N1c1[c-]c(Oc2[c-]c3c(cc2)c2ccccc2n3-c2cc(C(C)(C)C)ccn2)cc(C(C)(C)C)c1.[Pt]. The summed E-state index contributed by atoms with van der Waals surface area (Å²) in [6.45, 7) is 34.4. The Morgan fingerprint density at radius 2 is 1.10 bits per heavy atom. The van der Waals surface area contributed by atoms with E-state index in [2.05, 4.69) is 264 Å². The number of benzene rings is 6. The largest absolute Gasteiger partial charge is 0.509 e. The second kappa shape index (κ2) is 18.1. The number of rotatable bonds is 8. The summed E-state index contributed by atoms with van der Waals surface area (Å²) in [5.41, 5.74) is 12.8. The number of aromatic nitrogens is 2. The van der Waals surface area contributed by atoms with Crippen molar-refractivity contribution in [1.82, 2.24) is 9.55 Å². The molecule has 0 amide bonds. The molecule has 8 aromatic rings. The average molecular weight is 1090 g/mol. The Hall–Kier alpha value is -5.90. The third-order valence-corrected chi connectivity index (χ3v) is 13.5. The summed E-state index contributed by atoms with van der Waals surface area (Å²) in [7, 11) is 0. The van der Waals surface area contributed by atoms with E-state index in [0.29, 0.717) is 11.5 Å². The molecule has 0 unspecified atom stereocenters. The number of allylic oxidation sites excluding steroid dienone is 2. The Balaban J connectivity index is 0.00000642. The average Bonchev–Trinajstić information content (AvgIpc) is 3.87. The molecule has 358 valence electrons. The van der Waals surface area contributed by atoms with Crippen LogP contribution in [0.25, 0.3) is 38.8 Å². The van der Waals surface area contributed by atoms with Crippen LogP contribution in [0.5, 0.6) is 11.5 Å². The molecule has 69 heavy (non-hydrogen) atoms. The number of anilines is 2. The van der Waals surface area contributed by atoms with Gasteiger partial charge in [0.25, 0.3) is 0 Å². The predicted octanol–water partition coefficient (Wildman–Crippen LogP) is 16.9. The number of pyridine rings is 1. The van der Waals surface area contributed by atoms with Gasteiger partial charge in [-0.3, -0.25) is 0 Å². The molecule has 0 aliphatic carbocycles. The zero-order chi connectivity index (χ0) is 48.6. The quantitative estimate of drug-likeness (QED) is 0.142. The molecule has 5 nitrogen and oxygen atoms in total. The molecule has 0 saturated carbocycles. The first-order valence-electron chi connectivity index (χ1n) is 24.1. The molecular formula is C63H67N4OPt-3. The Morgan fingerprint density at radius 1 is 0.478 bits per heavy atom. The summed E-state index contributed by atoms with van der Waals surface area (Å²) in [6, 6.07) is 57.7. The minimum atomic E-state index is -0.263. The first kappa shape index (κ1) is 49.5. The Bertz CT molecular complexity index is 3190. The third-order valence-electron chi connectivity index (χ3n) is 13.5. The molecule has 0 N–H and O–H groups in total. The van der Waals surface area contributed by atoms with Crippen molar-refractivity contribution in [2.24, 2.45) is 10.8 Å². The molecule has 1 aliphatic rings. The Labute approximate surface area is 426 Å². The maximum atomic E-state index is 6.96. The van der Waals surface area contributed by atoms with Crippen molar-refractivity contribution in [3.8, 4) is 28.4 Å².